The summed E-state index contributed by atoms with van der Waals surface area (Å²) in [5.41, 5.74) is 4.77. The Bertz CT molecular complexity index is 1540. The minimum atomic E-state index is -0.764. The molecule has 0 saturated heterocycles. The summed E-state index contributed by atoms with van der Waals surface area (Å²) in [5, 5.41) is 9.45. The van der Waals surface area contributed by atoms with Gasteiger partial charge in [0.1, 0.15) is 17.3 Å². The van der Waals surface area contributed by atoms with Gasteiger partial charge in [-0.05, 0) is 49.7 Å². The molecule has 1 amide bonds. The first-order valence-electron chi connectivity index (χ1n) is 10.8. The molecule has 1 N–H and O–H groups in total. The topological polar surface area (TPSA) is 68.0 Å². The number of amides is 1. The van der Waals surface area contributed by atoms with Crippen LogP contribution in [0.2, 0.25) is 0 Å². The van der Waals surface area contributed by atoms with Crippen LogP contribution < -0.4 is 14.9 Å². The molecule has 176 valence electrons. The van der Waals surface area contributed by atoms with Gasteiger partial charge in [0.25, 0.3) is 5.91 Å². The number of aromatic nitrogens is 1. The molecule has 0 bridgehead atoms. The Hall–Kier alpha value is -4.11. The van der Waals surface area contributed by atoms with Crippen molar-refractivity contribution < 1.29 is 18.3 Å². The highest BCUT2D eigenvalue weighted by atomic mass is 32.1. The zero-order chi connectivity index (χ0) is 24.5. The second kappa shape index (κ2) is 9.27. The number of anilines is 1. The third-order valence-electron chi connectivity index (χ3n) is 5.44. The molecular formula is C26H20F2N4O2S. The number of carbonyl (C=O) groups is 1. The normalized spacial score (nSPS) is 13.9. The van der Waals surface area contributed by atoms with E-state index in [0.29, 0.717) is 21.9 Å². The summed E-state index contributed by atoms with van der Waals surface area (Å²) in [5.74, 6) is -1.09. The summed E-state index contributed by atoms with van der Waals surface area (Å²) in [7, 11) is 0. The van der Waals surface area contributed by atoms with Gasteiger partial charge in [-0.25, -0.2) is 18.4 Å². The van der Waals surface area contributed by atoms with Crippen LogP contribution in [0.5, 0.6) is 5.75 Å². The van der Waals surface area contributed by atoms with E-state index in [-0.39, 0.29) is 18.2 Å². The maximum absolute atomic E-state index is 14.4. The fraction of sp³-hybridized carbons (Fsp3) is 0.115. The second-order valence-electron chi connectivity index (χ2n) is 8.02. The minimum Gasteiger partial charge on any atom is -0.482 e. The lowest BCUT2D eigenvalue weighted by molar-refractivity contribution is -0.118. The maximum atomic E-state index is 14.4. The van der Waals surface area contributed by atoms with Gasteiger partial charge in [0.05, 0.1) is 17.1 Å². The van der Waals surface area contributed by atoms with Crippen LogP contribution >= 0.6 is 11.3 Å². The van der Waals surface area contributed by atoms with E-state index in [1.807, 2.05) is 49.6 Å². The smallest absolute Gasteiger partial charge is 0.262 e. The first-order chi connectivity index (χ1) is 16.9. The Labute approximate surface area is 203 Å². The van der Waals surface area contributed by atoms with E-state index in [4.69, 9.17) is 9.84 Å². The lowest BCUT2D eigenvalue weighted by atomic mass is 10.1. The summed E-state index contributed by atoms with van der Waals surface area (Å²) in [6.07, 6.45) is 0. The molecule has 9 heteroatoms. The van der Waals surface area contributed by atoms with E-state index in [9.17, 15) is 13.6 Å². The Kier molecular flexibility index (Phi) is 6.00. The third-order valence-corrected chi connectivity index (χ3v) is 6.25. The van der Waals surface area contributed by atoms with Gasteiger partial charge in [0.15, 0.2) is 12.4 Å². The van der Waals surface area contributed by atoms with Crippen molar-refractivity contribution in [1.82, 2.24) is 4.68 Å². The summed E-state index contributed by atoms with van der Waals surface area (Å²) in [6.45, 7) is 3.86. The molecule has 0 fully saturated rings. The average Bonchev–Trinajstić information content (AvgIpc) is 3.22. The number of ether oxygens (including phenoxy) is 1. The molecule has 6 nitrogen and oxygen atoms in total. The Morgan fingerprint density at radius 1 is 1.09 bits per heavy atom. The lowest BCUT2D eigenvalue weighted by Crippen LogP contribution is -2.25. The SMILES string of the molecule is CC(=Nn1c(-c2ccc3c(c2)NC(=O)CO3)csc1=Nc1ccc(F)cc1F)c1ccc(C)cc1. The van der Waals surface area contributed by atoms with Crippen molar-refractivity contribution in [1.29, 1.82) is 0 Å². The van der Waals surface area contributed by atoms with Crippen LogP contribution in [0.1, 0.15) is 18.1 Å². The number of rotatable bonds is 4. The molecule has 5 rings (SSSR count). The predicted octanol–water partition coefficient (Wildman–Crippen LogP) is 5.64. The molecular weight excluding hydrogens is 470 g/mol. The lowest BCUT2D eigenvalue weighted by Gasteiger charge is -2.18. The van der Waals surface area contributed by atoms with E-state index in [1.165, 1.54) is 17.4 Å². The van der Waals surface area contributed by atoms with Crippen LogP contribution in [0.3, 0.4) is 0 Å². The van der Waals surface area contributed by atoms with Gasteiger partial charge in [0, 0.05) is 17.0 Å². The Balaban J connectivity index is 1.67. The molecule has 2 heterocycles. The Morgan fingerprint density at radius 3 is 2.66 bits per heavy atom. The number of carbonyl (C=O) groups excluding carboxylic acids is 1. The number of hydrogen-bond acceptors (Lipinski definition) is 5. The fourth-order valence-corrected chi connectivity index (χ4v) is 4.44. The average molecular weight is 491 g/mol. The monoisotopic (exact) mass is 490 g/mol. The van der Waals surface area contributed by atoms with Crippen molar-refractivity contribution in [3.8, 4) is 17.0 Å². The van der Waals surface area contributed by atoms with Crippen molar-refractivity contribution in [3.63, 3.8) is 0 Å². The van der Waals surface area contributed by atoms with Crippen LogP contribution in [0.4, 0.5) is 20.2 Å². The molecule has 1 aliphatic rings. The number of benzene rings is 3. The number of nitrogens with one attached hydrogen (secondary N) is 1. The zero-order valence-corrected chi connectivity index (χ0v) is 19.7. The summed E-state index contributed by atoms with van der Waals surface area (Å²) < 4.78 is 34.8. The van der Waals surface area contributed by atoms with Crippen LogP contribution in [0.15, 0.2) is 76.1 Å². The number of hydrogen-bond donors (Lipinski definition) is 1. The van der Waals surface area contributed by atoms with E-state index in [0.717, 1.165) is 34.5 Å². The zero-order valence-electron chi connectivity index (χ0n) is 18.9. The molecule has 0 aliphatic carbocycles. The van der Waals surface area contributed by atoms with Gasteiger partial charge in [-0.2, -0.15) is 5.10 Å². The van der Waals surface area contributed by atoms with Gasteiger partial charge in [-0.15, -0.1) is 11.3 Å². The summed E-state index contributed by atoms with van der Waals surface area (Å²) in [4.78, 5) is 16.6. The molecule has 0 saturated carbocycles. The molecule has 4 aromatic rings. The van der Waals surface area contributed by atoms with Crippen LogP contribution in [0, 0.1) is 18.6 Å². The van der Waals surface area contributed by atoms with Crippen LogP contribution in [0.25, 0.3) is 11.3 Å². The first-order valence-corrected chi connectivity index (χ1v) is 11.7. The minimum absolute atomic E-state index is 0.00263. The largest absolute Gasteiger partial charge is 0.482 e. The second-order valence-corrected chi connectivity index (χ2v) is 8.86. The molecule has 0 unspecified atom stereocenters. The van der Waals surface area contributed by atoms with Gasteiger partial charge < -0.3 is 10.1 Å². The predicted molar refractivity (Wildman–Crippen MR) is 132 cm³/mol. The van der Waals surface area contributed by atoms with Gasteiger partial charge >= 0.3 is 0 Å². The molecule has 1 aromatic heterocycles. The van der Waals surface area contributed by atoms with Gasteiger partial charge in [0.2, 0.25) is 4.80 Å². The van der Waals surface area contributed by atoms with E-state index in [1.54, 1.807) is 16.8 Å². The van der Waals surface area contributed by atoms with Gasteiger partial charge in [-0.1, -0.05) is 29.8 Å². The summed E-state index contributed by atoms with van der Waals surface area (Å²) >= 11 is 1.27. The summed E-state index contributed by atoms with van der Waals surface area (Å²) in [6, 6.07) is 16.6. The van der Waals surface area contributed by atoms with E-state index >= 15 is 0 Å². The molecule has 0 atom stereocenters. The van der Waals surface area contributed by atoms with Gasteiger partial charge in [-0.3, -0.25) is 4.79 Å². The first kappa shape index (κ1) is 22.7. The number of nitrogens with zero attached hydrogens (tertiary/aromatic N) is 3. The molecule has 0 radical (unpaired) electrons. The van der Waals surface area contributed by atoms with Crippen LogP contribution in [-0.2, 0) is 4.79 Å². The van der Waals surface area contributed by atoms with Crippen molar-refractivity contribution in [3.05, 3.63) is 93.6 Å². The van der Waals surface area contributed by atoms with Crippen molar-refractivity contribution >= 4 is 34.3 Å². The van der Waals surface area contributed by atoms with E-state index in [2.05, 4.69) is 10.3 Å². The van der Waals surface area contributed by atoms with Crippen molar-refractivity contribution in [2.45, 2.75) is 13.8 Å². The molecule has 35 heavy (non-hydrogen) atoms. The number of halogens is 2. The van der Waals surface area contributed by atoms with E-state index < -0.39 is 11.6 Å². The van der Waals surface area contributed by atoms with Crippen molar-refractivity contribution in [2.24, 2.45) is 10.1 Å². The molecule has 3 aromatic carbocycles. The standard InChI is InChI=1S/C26H20F2N4O2S/c1-15-3-5-17(6-4-15)16(2)31-32-23(18-7-10-24-22(11-18)29-25(33)13-34-24)14-35-26(32)30-21-9-8-19(27)12-20(21)28/h3-12,14H,13H2,1-2H3,(H,29,33). The molecule has 0 spiro atoms. The van der Waals surface area contributed by atoms with Crippen LogP contribution in [-0.4, -0.2) is 22.9 Å². The Morgan fingerprint density at radius 2 is 1.89 bits per heavy atom. The fourth-order valence-electron chi connectivity index (χ4n) is 3.59. The third kappa shape index (κ3) is 4.76. The highest BCUT2D eigenvalue weighted by Crippen LogP contribution is 2.33. The number of thiazole rings is 1. The maximum Gasteiger partial charge on any atom is 0.262 e. The number of aryl methyl sites for hydroxylation is 1. The molecule has 1 aliphatic heterocycles. The van der Waals surface area contributed by atoms with Crippen molar-refractivity contribution in [2.75, 3.05) is 11.9 Å². The quantitative estimate of drug-likeness (QED) is 0.376. The highest BCUT2D eigenvalue weighted by molar-refractivity contribution is 7.07. The highest BCUT2D eigenvalue weighted by Gasteiger charge is 2.18. The number of fused-ring (bicyclic) bond motifs is 1.